The molecule has 0 radical (unpaired) electrons. The van der Waals surface area contributed by atoms with Gasteiger partial charge in [0.25, 0.3) is 0 Å². The number of nitrogens with zero attached hydrogens (tertiary/aromatic N) is 1. The topological polar surface area (TPSA) is 38.1 Å². The van der Waals surface area contributed by atoms with E-state index < -0.39 is 17.6 Å². The van der Waals surface area contributed by atoms with E-state index in [9.17, 15) is 17.6 Å². The molecule has 0 fully saturated rings. The Hall–Kier alpha value is -1.89. The van der Waals surface area contributed by atoms with Crippen LogP contribution in [0.3, 0.4) is 0 Å². The molecule has 1 N–H and O–H groups in total. The van der Waals surface area contributed by atoms with Crippen molar-refractivity contribution >= 4 is 0 Å². The van der Waals surface area contributed by atoms with Crippen LogP contribution in [-0.2, 0) is 12.7 Å². The van der Waals surface area contributed by atoms with E-state index in [1.165, 1.54) is 12.3 Å². The molecule has 0 atom stereocenters. The van der Waals surface area contributed by atoms with Gasteiger partial charge in [-0.3, -0.25) is 0 Å². The highest BCUT2D eigenvalue weighted by molar-refractivity contribution is 5.56. The number of nitrogens with one attached hydrogen (secondary N) is 1. The van der Waals surface area contributed by atoms with Gasteiger partial charge < -0.3 is 9.73 Å². The zero-order valence-electron chi connectivity index (χ0n) is 9.88. The molecule has 0 spiro atoms. The summed E-state index contributed by atoms with van der Waals surface area (Å²) in [6, 6.07) is 2.99. The lowest BCUT2D eigenvalue weighted by molar-refractivity contribution is -0.139. The van der Waals surface area contributed by atoms with Gasteiger partial charge in [-0.25, -0.2) is 9.37 Å². The molecule has 0 aliphatic heterocycles. The van der Waals surface area contributed by atoms with Crippen molar-refractivity contribution in [2.24, 2.45) is 0 Å². The Labute approximate surface area is 106 Å². The summed E-state index contributed by atoms with van der Waals surface area (Å²) in [6.45, 7) is 0.379. The van der Waals surface area contributed by atoms with Gasteiger partial charge in [-0.2, -0.15) is 13.2 Å². The number of hydrogen-bond donors (Lipinski definition) is 1. The first-order valence-corrected chi connectivity index (χ1v) is 5.38. The van der Waals surface area contributed by atoms with Gasteiger partial charge in [-0.15, -0.1) is 0 Å². The molecule has 7 heteroatoms. The molecule has 0 aliphatic carbocycles. The van der Waals surface area contributed by atoms with E-state index in [-0.39, 0.29) is 11.5 Å². The van der Waals surface area contributed by atoms with Crippen molar-refractivity contribution in [3.8, 4) is 11.5 Å². The smallest absolute Gasteiger partial charge is 0.419 e. The quantitative estimate of drug-likeness (QED) is 0.873. The Morgan fingerprint density at radius 3 is 2.68 bits per heavy atom. The van der Waals surface area contributed by atoms with Crippen molar-refractivity contribution in [1.82, 2.24) is 10.3 Å². The summed E-state index contributed by atoms with van der Waals surface area (Å²) in [5, 5.41) is 2.80. The first-order chi connectivity index (χ1) is 8.93. The molecule has 0 bridgehead atoms. The van der Waals surface area contributed by atoms with E-state index in [1.807, 2.05) is 0 Å². The zero-order chi connectivity index (χ0) is 14.0. The van der Waals surface area contributed by atoms with Crippen molar-refractivity contribution in [2.75, 3.05) is 7.05 Å². The van der Waals surface area contributed by atoms with Crippen LogP contribution in [0, 0.1) is 5.82 Å². The fourth-order valence-corrected chi connectivity index (χ4v) is 1.61. The molecule has 2 rings (SSSR count). The number of hydrogen-bond acceptors (Lipinski definition) is 3. The molecule has 2 aromatic rings. The lowest BCUT2D eigenvalue weighted by Crippen LogP contribution is -2.09. The van der Waals surface area contributed by atoms with Gasteiger partial charge in [-0.1, -0.05) is 6.07 Å². The second kappa shape index (κ2) is 5.00. The minimum Gasteiger partial charge on any atom is -0.444 e. The fourth-order valence-electron chi connectivity index (χ4n) is 1.61. The number of alkyl halides is 3. The molecule has 0 amide bonds. The third-order valence-corrected chi connectivity index (χ3v) is 2.44. The number of rotatable bonds is 3. The summed E-state index contributed by atoms with van der Waals surface area (Å²) >= 11 is 0. The first kappa shape index (κ1) is 13.5. The van der Waals surface area contributed by atoms with Crippen LogP contribution in [0.4, 0.5) is 17.6 Å². The Balaban J connectivity index is 2.45. The molecule has 19 heavy (non-hydrogen) atoms. The highest BCUT2D eigenvalue weighted by Crippen LogP contribution is 2.35. The molecule has 102 valence electrons. The van der Waals surface area contributed by atoms with Gasteiger partial charge in [0.15, 0.2) is 0 Å². The molecule has 0 saturated heterocycles. The Kier molecular flexibility index (Phi) is 3.57. The van der Waals surface area contributed by atoms with Gasteiger partial charge in [0, 0.05) is 6.54 Å². The summed E-state index contributed by atoms with van der Waals surface area (Å²) in [7, 11) is 1.68. The summed E-state index contributed by atoms with van der Waals surface area (Å²) in [6.07, 6.45) is -3.48. The normalized spacial score (nSPS) is 11.8. The van der Waals surface area contributed by atoms with Crippen molar-refractivity contribution in [3.63, 3.8) is 0 Å². The van der Waals surface area contributed by atoms with Gasteiger partial charge >= 0.3 is 6.18 Å². The summed E-state index contributed by atoms with van der Waals surface area (Å²) in [4.78, 5) is 3.92. The maximum Gasteiger partial charge on any atom is 0.419 e. The predicted octanol–water partition coefficient (Wildman–Crippen LogP) is 3.22. The summed E-state index contributed by atoms with van der Waals surface area (Å²) in [5.41, 5.74) is -1.16. The van der Waals surface area contributed by atoms with Crippen molar-refractivity contribution in [3.05, 3.63) is 41.5 Å². The second-order valence-electron chi connectivity index (χ2n) is 3.84. The van der Waals surface area contributed by atoms with Gasteiger partial charge in [0.2, 0.25) is 5.89 Å². The minimum atomic E-state index is -4.75. The summed E-state index contributed by atoms with van der Waals surface area (Å²) in [5.74, 6) is -1.55. The lowest BCUT2D eigenvalue weighted by atomic mass is 10.1. The van der Waals surface area contributed by atoms with Crippen LogP contribution in [0.25, 0.3) is 11.5 Å². The average Bonchev–Trinajstić information content (AvgIpc) is 2.76. The van der Waals surface area contributed by atoms with Crippen LogP contribution in [-0.4, -0.2) is 12.0 Å². The van der Waals surface area contributed by atoms with Crippen molar-refractivity contribution in [1.29, 1.82) is 0 Å². The van der Waals surface area contributed by atoms with Crippen LogP contribution in [0.15, 0.2) is 28.9 Å². The van der Waals surface area contributed by atoms with Gasteiger partial charge in [-0.05, 0) is 19.2 Å². The van der Waals surface area contributed by atoms with Crippen LogP contribution in [0.2, 0.25) is 0 Å². The van der Waals surface area contributed by atoms with E-state index in [4.69, 9.17) is 4.42 Å². The number of benzene rings is 1. The summed E-state index contributed by atoms with van der Waals surface area (Å²) < 4.78 is 56.5. The molecule has 3 nitrogen and oxygen atoms in total. The lowest BCUT2D eigenvalue weighted by Gasteiger charge is -2.09. The zero-order valence-corrected chi connectivity index (χ0v) is 9.88. The second-order valence-corrected chi connectivity index (χ2v) is 3.84. The Bertz CT molecular complexity index is 577. The SMILES string of the molecule is CNCc1coc(-c2cccc(C(F)(F)F)c2F)n1. The highest BCUT2D eigenvalue weighted by atomic mass is 19.4. The van der Waals surface area contributed by atoms with Gasteiger partial charge in [0.1, 0.15) is 12.1 Å². The van der Waals surface area contributed by atoms with E-state index in [2.05, 4.69) is 10.3 Å². The molecule has 0 saturated carbocycles. The third kappa shape index (κ3) is 2.76. The molecule has 1 heterocycles. The minimum absolute atomic E-state index is 0.172. The van der Waals surface area contributed by atoms with E-state index in [1.54, 1.807) is 7.05 Å². The Morgan fingerprint density at radius 1 is 1.32 bits per heavy atom. The molecule has 0 unspecified atom stereocenters. The van der Waals surface area contributed by atoms with E-state index >= 15 is 0 Å². The van der Waals surface area contributed by atoms with Crippen LogP contribution in [0.5, 0.6) is 0 Å². The van der Waals surface area contributed by atoms with Gasteiger partial charge in [0.05, 0.1) is 16.8 Å². The fraction of sp³-hybridized carbons (Fsp3) is 0.250. The molecular weight excluding hydrogens is 264 g/mol. The van der Waals surface area contributed by atoms with Crippen molar-refractivity contribution < 1.29 is 22.0 Å². The van der Waals surface area contributed by atoms with Crippen LogP contribution < -0.4 is 5.32 Å². The maximum absolute atomic E-state index is 13.8. The van der Waals surface area contributed by atoms with Crippen LogP contribution >= 0.6 is 0 Å². The monoisotopic (exact) mass is 274 g/mol. The average molecular weight is 274 g/mol. The first-order valence-electron chi connectivity index (χ1n) is 5.38. The van der Waals surface area contributed by atoms with Crippen molar-refractivity contribution in [2.45, 2.75) is 12.7 Å². The van der Waals surface area contributed by atoms with E-state index in [0.717, 1.165) is 6.07 Å². The standard InChI is InChI=1S/C12H10F4N2O/c1-17-5-7-6-19-11(18-7)8-3-2-4-9(10(8)13)12(14,15)16/h2-4,6,17H,5H2,1H3. The Morgan fingerprint density at radius 2 is 2.05 bits per heavy atom. The number of halogens is 4. The predicted molar refractivity (Wildman–Crippen MR) is 59.7 cm³/mol. The molecule has 0 aliphatic rings. The van der Waals surface area contributed by atoms with E-state index in [0.29, 0.717) is 18.3 Å². The molecule has 1 aromatic carbocycles. The number of aromatic nitrogens is 1. The number of oxazole rings is 1. The molecule has 1 aromatic heterocycles. The largest absolute Gasteiger partial charge is 0.444 e. The third-order valence-electron chi connectivity index (χ3n) is 2.44. The molecular formula is C12H10F4N2O. The van der Waals surface area contributed by atoms with Crippen LogP contribution in [0.1, 0.15) is 11.3 Å². The maximum atomic E-state index is 13.8. The highest BCUT2D eigenvalue weighted by Gasteiger charge is 2.35.